The Morgan fingerprint density at radius 2 is 1.71 bits per heavy atom. The monoisotopic (exact) mass is 378 g/mol. The predicted octanol–water partition coefficient (Wildman–Crippen LogP) is 3.48. The van der Waals surface area contributed by atoms with Crippen LogP contribution in [-0.4, -0.2) is 47.0 Å². The van der Waals surface area contributed by atoms with Crippen LogP contribution in [0.1, 0.15) is 36.9 Å². The fraction of sp³-hybridized carbons (Fsp3) is 0.522. The number of aryl methyl sites for hydroxylation is 1. The van der Waals surface area contributed by atoms with Gasteiger partial charge >= 0.3 is 0 Å². The zero-order valence-corrected chi connectivity index (χ0v) is 16.8. The quantitative estimate of drug-likeness (QED) is 0.817. The third-order valence-electron chi connectivity index (χ3n) is 6.20. The van der Waals surface area contributed by atoms with E-state index < -0.39 is 0 Å². The van der Waals surface area contributed by atoms with Gasteiger partial charge in [0.2, 0.25) is 11.9 Å². The topological polar surface area (TPSA) is 49.3 Å². The number of aromatic nitrogens is 2. The summed E-state index contributed by atoms with van der Waals surface area (Å²) in [6.07, 6.45) is 7.00. The first-order valence-corrected chi connectivity index (χ1v) is 10.6. The fourth-order valence-electron chi connectivity index (χ4n) is 4.48. The van der Waals surface area contributed by atoms with Gasteiger partial charge in [0.05, 0.1) is 0 Å². The van der Waals surface area contributed by atoms with Gasteiger partial charge in [-0.25, -0.2) is 9.97 Å². The maximum Gasteiger partial charge on any atom is 0.225 e. The second kappa shape index (κ2) is 8.72. The second-order valence-electron chi connectivity index (χ2n) is 8.22. The minimum Gasteiger partial charge on any atom is -0.342 e. The molecule has 2 aromatic rings. The Labute approximate surface area is 167 Å². The molecule has 148 valence electrons. The van der Waals surface area contributed by atoms with Crippen LogP contribution in [-0.2, 0) is 11.2 Å². The molecule has 0 radical (unpaired) electrons. The van der Waals surface area contributed by atoms with Crippen molar-refractivity contribution < 1.29 is 4.79 Å². The highest BCUT2D eigenvalue weighted by atomic mass is 16.2. The molecule has 3 heterocycles. The van der Waals surface area contributed by atoms with Crippen molar-refractivity contribution in [2.24, 2.45) is 11.8 Å². The van der Waals surface area contributed by atoms with Gasteiger partial charge in [-0.1, -0.05) is 30.3 Å². The van der Waals surface area contributed by atoms with Gasteiger partial charge in [0.15, 0.2) is 0 Å². The SMILES string of the molecule is Cc1ccnc(N2CCC(C(=O)N3CCC(Cc4ccccc4)CC3)CC2)n1. The second-order valence-corrected chi connectivity index (χ2v) is 8.22. The lowest BCUT2D eigenvalue weighted by Crippen LogP contribution is -2.46. The largest absolute Gasteiger partial charge is 0.342 e. The molecule has 5 nitrogen and oxygen atoms in total. The summed E-state index contributed by atoms with van der Waals surface area (Å²) < 4.78 is 0. The molecule has 1 aromatic heterocycles. The van der Waals surface area contributed by atoms with Gasteiger partial charge < -0.3 is 9.80 Å². The maximum atomic E-state index is 13.0. The molecule has 4 rings (SSSR count). The van der Waals surface area contributed by atoms with Crippen molar-refractivity contribution in [1.29, 1.82) is 0 Å². The fourth-order valence-corrected chi connectivity index (χ4v) is 4.48. The molecule has 0 spiro atoms. The smallest absolute Gasteiger partial charge is 0.225 e. The number of hydrogen-bond acceptors (Lipinski definition) is 4. The molecule has 0 atom stereocenters. The molecule has 2 saturated heterocycles. The molecule has 0 N–H and O–H groups in total. The number of amides is 1. The zero-order valence-electron chi connectivity index (χ0n) is 16.8. The Hall–Kier alpha value is -2.43. The molecule has 0 bridgehead atoms. The summed E-state index contributed by atoms with van der Waals surface area (Å²) in [6.45, 7) is 5.55. The highest BCUT2D eigenvalue weighted by Gasteiger charge is 2.31. The summed E-state index contributed by atoms with van der Waals surface area (Å²) in [5.41, 5.74) is 2.40. The first-order chi connectivity index (χ1) is 13.7. The van der Waals surface area contributed by atoms with Crippen LogP contribution in [0.5, 0.6) is 0 Å². The van der Waals surface area contributed by atoms with E-state index in [4.69, 9.17) is 0 Å². The summed E-state index contributed by atoms with van der Waals surface area (Å²) in [4.78, 5) is 26.2. The van der Waals surface area contributed by atoms with Crippen LogP contribution in [0, 0.1) is 18.8 Å². The standard InChI is InChI=1S/C23H30N4O/c1-18-7-12-24-23(25-18)27-15-10-21(11-16-27)22(28)26-13-8-20(9-14-26)17-19-5-3-2-4-6-19/h2-7,12,20-21H,8-11,13-17H2,1H3. The molecular weight excluding hydrogens is 348 g/mol. The first kappa shape index (κ1) is 18.9. The van der Waals surface area contributed by atoms with Gasteiger partial charge in [0.1, 0.15) is 0 Å². The summed E-state index contributed by atoms with van der Waals surface area (Å²) in [5.74, 6) is 2.02. The minimum atomic E-state index is 0.159. The molecule has 2 fully saturated rings. The molecule has 28 heavy (non-hydrogen) atoms. The molecule has 2 aliphatic rings. The van der Waals surface area contributed by atoms with E-state index in [0.717, 1.165) is 69.9 Å². The van der Waals surface area contributed by atoms with E-state index >= 15 is 0 Å². The van der Waals surface area contributed by atoms with Gasteiger partial charge in [0.25, 0.3) is 0 Å². The van der Waals surface area contributed by atoms with Crippen molar-refractivity contribution in [2.45, 2.75) is 39.0 Å². The maximum absolute atomic E-state index is 13.0. The number of anilines is 1. The summed E-state index contributed by atoms with van der Waals surface area (Å²) in [6, 6.07) is 12.6. The molecule has 0 unspecified atom stereocenters. The van der Waals surface area contributed by atoms with Crippen LogP contribution in [0.3, 0.4) is 0 Å². The molecule has 1 amide bonds. The van der Waals surface area contributed by atoms with Crippen molar-refractivity contribution in [2.75, 3.05) is 31.1 Å². The number of hydrogen-bond donors (Lipinski definition) is 0. The van der Waals surface area contributed by atoms with Crippen LogP contribution >= 0.6 is 0 Å². The van der Waals surface area contributed by atoms with E-state index in [-0.39, 0.29) is 5.92 Å². The van der Waals surface area contributed by atoms with Crippen molar-refractivity contribution in [3.05, 3.63) is 53.9 Å². The lowest BCUT2D eigenvalue weighted by atomic mass is 9.88. The summed E-state index contributed by atoms with van der Waals surface area (Å²) in [7, 11) is 0. The predicted molar refractivity (Wildman–Crippen MR) is 111 cm³/mol. The van der Waals surface area contributed by atoms with E-state index in [9.17, 15) is 4.79 Å². The summed E-state index contributed by atoms with van der Waals surface area (Å²) in [5, 5.41) is 0. The minimum absolute atomic E-state index is 0.159. The third-order valence-corrected chi connectivity index (χ3v) is 6.20. The van der Waals surface area contributed by atoms with Gasteiger partial charge in [-0.3, -0.25) is 4.79 Å². The average Bonchev–Trinajstić information content (AvgIpc) is 2.75. The summed E-state index contributed by atoms with van der Waals surface area (Å²) >= 11 is 0. The Morgan fingerprint density at radius 3 is 2.39 bits per heavy atom. The number of nitrogens with zero attached hydrogens (tertiary/aromatic N) is 4. The number of likely N-dealkylation sites (tertiary alicyclic amines) is 1. The Kier molecular flexibility index (Phi) is 5.89. The third kappa shape index (κ3) is 4.51. The van der Waals surface area contributed by atoms with Crippen molar-refractivity contribution in [3.63, 3.8) is 0 Å². The molecule has 0 aliphatic carbocycles. The van der Waals surface area contributed by atoms with Crippen LogP contribution in [0.2, 0.25) is 0 Å². The van der Waals surface area contributed by atoms with Crippen LogP contribution in [0.4, 0.5) is 5.95 Å². The molecular formula is C23H30N4O. The van der Waals surface area contributed by atoms with Gasteiger partial charge in [0, 0.05) is 44.0 Å². The van der Waals surface area contributed by atoms with Crippen molar-refractivity contribution >= 4 is 11.9 Å². The highest BCUT2D eigenvalue weighted by Crippen LogP contribution is 2.26. The van der Waals surface area contributed by atoms with Crippen LogP contribution < -0.4 is 4.90 Å². The molecule has 1 aromatic carbocycles. The van der Waals surface area contributed by atoms with Gasteiger partial charge in [-0.15, -0.1) is 0 Å². The Morgan fingerprint density at radius 1 is 1.00 bits per heavy atom. The van der Waals surface area contributed by atoms with Gasteiger partial charge in [-0.2, -0.15) is 0 Å². The lowest BCUT2D eigenvalue weighted by molar-refractivity contribution is -0.137. The van der Waals surface area contributed by atoms with E-state index in [2.05, 4.69) is 50.1 Å². The number of carbonyl (C=O) groups excluding carboxylic acids is 1. The molecule has 2 aliphatic heterocycles. The number of rotatable bonds is 4. The number of piperidine rings is 2. The lowest BCUT2D eigenvalue weighted by Gasteiger charge is -2.37. The highest BCUT2D eigenvalue weighted by molar-refractivity contribution is 5.79. The van der Waals surface area contributed by atoms with Gasteiger partial charge in [-0.05, 0) is 56.6 Å². The Balaban J connectivity index is 1.25. The first-order valence-electron chi connectivity index (χ1n) is 10.6. The zero-order chi connectivity index (χ0) is 19.3. The molecule has 5 heteroatoms. The van der Waals surface area contributed by atoms with Crippen molar-refractivity contribution in [3.8, 4) is 0 Å². The van der Waals surface area contributed by atoms with E-state index in [0.29, 0.717) is 11.8 Å². The normalized spacial score (nSPS) is 19.0. The number of benzene rings is 1. The van der Waals surface area contributed by atoms with Crippen LogP contribution in [0.15, 0.2) is 42.6 Å². The Bertz CT molecular complexity index is 778. The van der Waals surface area contributed by atoms with E-state index in [1.165, 1.54) is 5.56 Å². The van der Waals surface area contributed by atoms with E-state index in [1.54, 1.807) is 0 Å². The number of carbonyl (C=O) groups is 1. The average molecular weight is 379 g/mol. The molecule has 0 saturated carbocycles. The van der Waals surface area contributed by atoms with E-state index in [1.807, 2.05) is 19.2 Å². The van der Waals surface area contributed by atoms with Crippen LogP contribution in [0.25, 0.3) is 0 Å². The van der Waals surface area contributed by atoms with Crippen molar-refractivity contribution in [1.82, 2.24) is 14.9 Å².